The number of halogens is 2. The summed E-state index contributed by atoms with van der Waals surface area (Å²) in [7, 11) is 0. The highest BCUT2D eigenvalue weighted by Crippen LogP contribution is 2.32. The number of nitrogens with two attached hydrogens (primary N) is 1. The minimum Gasteiger partial charge on any atom is -0.478 e. The number of carboxylic acids is 1. The van der Waals surface area contributed by atoms with E-state index in [1.807, 2.05) is 0 Å². The fourth-order valence-electron chi connectivity index (χ4n) is 2.57. The predicted molar refractivity (Wildman–Crippen MR) is 87.4 cm³/mol. The average molecular weight is 420 g/mol. The van der Waals surface area contributed by atoms with Crippen molar-refractivity contribution in [2.45, 2.75) is 31.7 Å². The molecule has 114 valence electrons. The number of hydrogen-bond donors (Lipinski definition) is 3. The van der Waals surface area contributed by atoms with Crippen molar-refractivity contribution in [2.24, 2.45) is 11.7 Å². The maximum Gasteiger partial charge on any atom is 0.337 e. The highest BCUT2D eigenvalue weighted by molar-refractivity contribution is 9.11. The summed E-state index contributed by atoms with van der Waals surface area (Å²) in [6, 6.07) is 2.99. The van der Waals surface area contributed by atoms with Gasteiger partial charge < -0.3 is 16.2 Å². The van der Waals surface area contributed by atoms with Crippen LogP contribution in [0.3, 0.4) is 0 Å². The van der Waals surface area contributed by atoms with Crippen molar-refractivity contribution < 1.29 is 14.7 Å². The third kappa shape index (κ3) is 3.84. The molecule has 1 saturated carbocycles. The van der Waals surface area contributed by atoms with E-state index in [0.29, 0.717) is 8.95 Å². The average Bonchev–Trinajstić information content (AvgIpc) is 2.41. The Labute approximate surface area is 139 Å². The Kier molecular flexibility index (Phi) is 5.40. The normalized spacial score (nSPS) is 21.9. The third-order valence-corrected chi connectivity index (χ3v) is 4.77. The van der Waals surface area contributed by atoms with Crippen LogP contribution in [0, 0.1) is 5.92 Å². The molecule has 1 fully saturated rings. The van der Waals surface area contributed by atoms with Crippen LogP contribution in [0.15, 0.2) is 21.1 Å². The van der Waals surface area contributed by atoms with Crippen LogP contribution in [0.4, 0.5) is 5.69 Å². The molecule has 0 aromatic heterocycles. The largest absolute Gasteiger partial charge is 0.478 e. The van der Waals surface area contributed by atoms with E-state index in [2.05, 4.69) is 37.2 Å². The summed E-state index contributed by atoms with van der Waals surface area (Å²) < 4.78 is 1.14. The van der Waals surface area contributed by atoms with Gasteiger partial charge in [0.05, 0.1) is 17.2 Å². The van der Waals surface area contributed by atoms with Crippen LogP contribution in [0.2, 0.25) is 0 Å². The van der Waals surface area contributed by atoms with Crippen LogP contribution in [-0.4, -0.2) is 23.0 Å². The Morgan fingerprint density at radius 2 is 1.90 bits per heavy atom. The Hall–Kier alpha value is -0.920. The van der Waals surface area contributed by atoms with Crippen molar-refractivity contribution in [3.05, 3.63) is 26.6 Å². The molecule has 5 nitrogen and oxygen atoms in total. The smallest absolute Gasteiger partial charge is 0.337 e. The lowest BCUT2D eigenvalue weighted by Crippen LogP contribution is -2.41. The second-order valence-corrected chi connectivity index (χ2v) is 6.93. The van der Waals surface area contributed by atoms with Crippen LogP contribution < -0.4 is 11.1 Å². The van der Waals surface area contributed by atoms with Gasteiger partial charge in [-0.1, -0.05) is 28.8 Å². The number of nitrogens with one attached hydrogen (secondary N) is 1. The van der Waals surface area contributed by atoms with Gasteiger partial charge in [-0.15, -0.1) is 0 Å². The molecule has 7 heteroatoms. The summed E-state index contributed by atoms with van der Waals surface area (Å²) in [4.78, 5) is 23.7. The monoisotopic (exact) mass is 418 g/mol. The maximum absolute atomic E-state index is 12.4. The second-order valence-electron chi connectivity index (χ2n) is 5.16. The standard InChI is InChI=1S/C14H16Br2N2O3/c15-7-5-9(14(20)21)12(10(16)6-7)18-13(19)8-3-1-2-4-11(8)17/h5-6,8,11H,1-4,17H2,(H,18,19)(H,20,21). The fraction of sp³-hybridized carbons (Fsp3) is 0.429. The quantitative estimate of drug-likeness (QED) is 0.700. The van der Waals surface area contributed by atoms with Gasteiger partial charge >= 0.3 is 5.97 Å². The molecule has 4 N–H and O–H groups in total. The molecule has 1 aliphatic carbocycles. The number of carbonyl (C=O) groups excluding carboxylic acids is 1. The van der Waals surface area contributed by atoms with Gasteiger partial charge in [0.25, 0.3) is 0 Å². The minimum atomic E-state index is -1.10. The zero-order valence-corrected chi connectivity index (χ0v) is 14.4. The summed E-state index contributed by atoms with van der Waals surface area (Å²) in [5.41, 5.74) is 6.31. The van der Waals surface area contributed by atoms with E-state index < -0.39 is 5.97 Å². The zero-order valence-electron chi connectivity index (χ0n) is 11.2. The van der Waals surface area contributed by atoms with Gasteiger partial charge in [-0.25, -0.2) is 4.79 Å². The first kappa shape index (κ1) is 16.5. The first-order valence-corrected chi connectivity index (χ1v) is 8.27. The number of benzene rings is 1. The molecule has 1 aliphatic rings. The topological polar surface area (TPSA) is 92.4 Å². The lowest BCUT2D eigenvalue weighted by molar-refractivity contribution is -0.121. The van der Waals surface area contributed by atoms with E-state index in [1.165, 1.54) is 6.07 Å². The summed E-state index contributed by atoms with van der Waals surface area (Å²) in [6.45, 7) is 0. The molecule has 0 radical (unpaired) electrons. The van der Waals surface area contributed by atoms with Crippen LogP contribution in [0.25, 0.3) is 0 Å². The maximum atomic E-state index is 12.4. The van der Waals surface area contributed by atoms with Crippen molar-refractivity contribution in [2.75, 3.05) is 5.32 Å². The first-order valence-electron chi connectivity index (χ1n) is 6.69. The molecule has 0 bridgehead atoms. The van der Waals surface area contributed by atoms with Crippen LogP contribution >= 0.6 is 31.9 Å². The molecule has 0 aliphatic heterocycles. The molecule has 1 aromatic rings. The molecule has 0 saturated heterocycles. The van der Waals surface area contributed by atoms with E-state index in [9.17, 15) is 14.7 Å². The van der Waals surface area contributed by atoms with Crippen molar-refractivity contribution >= 4 is 49.4 Å². The second kappa shape index (κ2) is 6.89. The minimum absolute atomic E-state index is 0.0361. The Morgan fingerprint density at radius 3 is 2.52 bits per heavy atom. The molecular weight excluding hydrogens is 404 g/mol. The van der Waals surface area contributed by atoms with Crippen molar-refractivity contribution in [3.63, 3.8) is 0 Å². The number of anilines is 1. The van der Waals surface area contributed by atoms with Gasteiger partial charge in [0.2, 0.25) is 5.91 Å². The lowest BCUT2D eigenvalue weighted by Gasteiger charge is -2.27. The van der Waals surface area contributed by atoms with Gasteiger partial charge in [0, 0.05) is 15.0 Å². The highest BCUT2D eigenvalue weighted by atomic mass is 79.9. The molecule has 2 unspecified atom stereocenters. The summed E-state index contributed by atoms with van der Waals surface area (Å²) in [6.07, 6.45) is 3.57. The molecule has 2 atom stereocenters. The number of hydrogen-bond acceptors (Lipinski definition) is 3. The predicted octanol–water partition coefficient (Wildman–Crippen LogP) is 3.37. The summed E-state index contributed by atoms with van der Waals surface area (Å²) in [5.74, 6) is -1.58. The van der Waals surface area contributed by atoms with Crippen molar-refractivity contribution in [1.29, 1.82) is 0 Å². The lowest BCUT2D eigenvalue weighted by atomic mass is 9.84. The molecule has 1 amide bonds. The van der Waals surface area contributed by atoms with Crippen molar-refractivity contribution in [1.82, 2.24) is 0 Å². The fourth-order valence-corrected chi connectivity index (χ4v) is 3.89. The SMILES string of the molecule is NC1CCCCC1C(=O)Nc1c(Br)cc(Br)cc1C(=O)O. The number of rotatable bonds is 3. The van der Waals surface area contributed by atoms with Crippen LogP contribution in [0.5, 0.6) is 0 Å². The Morgan fingerprint density at radius 1 is 1.24 bits per heavy atom. The molecule has 0 spiro atoms. The van der Waals surface area contributed by atoms with Crippen molar-refractivity contribution in [3.8, 4) is 0 Å². The highest BCUT2D eigenvalue weighted by Gasteiger charge is 2.29. The number of carbonyl (C=O) groups is 2. The van der Waals surface area contributed by atoms with Gasteiger partial charge in [-0.3, -0.25) is 4.79 Å². The van der Waals surface area contributed by atoms with Gasteiger partial charge in [0.1, 0.15) is 0 Å². The van der Waals surface area contributed by atoms with Crippen LogP contribution in [0.1, 0.15) is 36.0 Å². The summed E-state index contributed by atoms with van der Waals surface area (Å²) >= 11 is 6.54. The van der Waals surface area contributed by atoms with E-state index >= 15 is 0 Å². The number of aromatic carboxylic acids is 1. The van der Waals surface area contributed by atoms with Crippen LogP contribution in [-0.2, 0) is 4.79 Å². The van der Waals surface area contributed by atoms with E-state index in [4.69, 9.17) is 5.73 Å². The molecule has 21 heavy (non-hydrogen) atoms. The third-order valence-electron chi connectivity index (χ3n) is 3.69. The Balaban J connectivity index is 2.26. The van der Waals surface area contributed by atoms with E-state index in [1.54, 1.807) is 6.07 Å². The number of carboxylic acid groups (broad SMARTS) is 1. The van der Waals surface area contributed by atoms with E-state index in [0.717, 1.165) is 25.7 Å². The molecule has 0 heterocycles. The zero-order chi connectivity index (χ0) is 15.6. The van der Waals surface area contributed by atoms with Gasteiger partial charge in [-0.2, -0.15) is 0 Å². The van der Waals surface area contributed by atoms with Gasteiger partial charge in [0.15, 0.2) is 0 Å². The Bertz CT molecular complexity index is 578. The summed E-state index contributed by atoms with van der Waals surface area (Å²) in [5, 5.41) is 12.0. The van der Waals surface area contributed by atoms with Gasteiger partial charge in [-0.05, 0) is 40.9 Å². The molecule has 2 rings (SSSR count). The first-order chi connectivity index (χ1) is 9.90. The van der Waals surface area contributed by atoms with E-state index in [-0.39, 0.29) is 29.1 Å². The number of amides is 1. The molecule has 1 aromatic carbocycles. The molecular formula is C14H16Br2N2O3.